The van der Waals surface area contributed by atoms with Crippen molar-refractivity contribution in [3.63, 3.8) is 0 Å². The number of guanidine groups is 1. The Bertz CT molecular complexity index is 1020. The maximum Gasteiger partial charge on any atom is 0.241 e. The van der Waals surface area contributed by atoms with Crippen LogP contribution in [0, 0.1) is 12.7 Å². The summed E-state index contributed by atoms with van der Waals surface area (Å²) in [6.07, 6.45) is 0. The lowest BCUT2D eigenvalue weighted by Crippen LogP contribution is -2.42. The Morgan fingerprint density at radius 3 is 2.30 bits per heavy atom. The van der Waals surface area contributed by atoms with Crippen LogP contribution in [0.3, 0.4) is 0 Å². The normalized spacial score (nSPS) is 11.8. The fourth-order valence-electron chi connectivity index (χ4n) is 2.38. The first-order valence-corrected chi connectivity index (χ1v) is 10.7. The van der Waals surface area contributed by atoms with E-state index in [4.69, 9.17) is 5.14 Å². The van der Waals surface area contributed by atoms with Crippen molar-refractivity contribution in [2.75, 3.05) is 20.6 Å². The molecule has 0 bridgehead atoms. The number of nitrogens with two attached hydrogens (primary N) is 1. The molecule has 162 valence electrons. The SMILES string of the molecule is Cc1ccc(CN=C(NCC(=O)N(C)C)NCc2ccc(S(N)(=O)=O)cc2)cc1F. The topological polar surface area (TPSA) is 117 Å². The van der Waals surface area contributed by atoms with Gasteiger partial charge >= 0.3 is 0 Å². The van der Waals surface area contributed by atoms with E-state index in [0.717, 1.165) is 5.56 Å². The molecule has 0 saturated carbocycles. The average molecular weight is 436 g/mol. The summed E-state index contributed by atoms with van der Waals surface area (Å²) in [5, 5.41) is 11.1. The molecule has 30 heavy (non-hydrogen) atoms. The maximum absolute atomic E-state index is 13.8. The van der Waals surface area contributed by atoms with E-state index in [1.807, 2.05) is 0 Å². The number of carbonyl (C=O) groups excluding carboxylic acids is 1. The molecule has 0 spiro atoms. The zero-order valence-electron chi connectivity index (χ0n) is 17.1. The largest absolute Gasteiger partial charge is 0.352 e. The van der Waals surface area contributed by atoms with Crippen LogP contribution in [0.25, 0.3) is 0 Å². The van der Waals surface area contributed by atoms with Gasteiger partial charge in [-0.1, -0.05) is 24.3 Å². The van der Waals surface area contributed by atoms with Crippen molar-refractivity contribution in [1.82, 2.24) is 15.5 Å². The second kappa shape index (κ2) is 10.2. The van der Waals surface area contributed by atoms with Crippen LogP contribution in [-0.2, 0) is 27.9 Å². The fourth-order valence-corrected chi connectivity index (χ4v) is 2.90. The van der Waals surface area contributed by atoms with Crippen LogP contribution >= 0.6 is 0 Å². The number of carbonyl (C=O) groups is 1. The summed E-state index contributed by atoms with van der Waals surface area (Å²) in [6.45, 7) is 2.26. The van der Waals surface area contributed by atoms with Crippen LogP contribution in [0.1, 0.15) is 16.7 Å². The number of aryl methyl sites for hydroxylation is 1. The van der Waals surface area contributed by atoms with Crippen LogP contribution in [0.15, 0.2) is 52.4 Å². The molecule has 0 aliphatic rings. The molecular formula is C20H26FN5O3S. The molecule has 1 amide bonds. The molecule has 2 rings (SSSR count). The highest BCUT2D eigenvalue weighted by atomic mass is 32.2. The third kappa shape index (κ3) is 7.12. The van der Waals surface area contributed by atoms with Gasteiger partial charge in [-0.3, -0.25) is 4.79 Å². The van der Waals surface area contributed by atoms with E-state index in [0.29, 0.717) is 23.6 Å². The number of primary sulfonamides is 1. The lowest BCUT2D eigenvalue weighted by Gasteiger charge is -2.15. The van der Waals surface area contributed by atoms with Crippen LogP contribution in [0.2, 0.25) is 0 Å². The van der Waals surface area contributed by atoms with E-state index in [1.165, 1.54) is 23.1 Å². The van der Waals surface area contributed by atoms with Gasteiger partial charge < -0.3 is 15.5 Å². The number of aliphatic imine (C=N–C) groups is 1. The zero-order chi connectivity index (χ0) is 22.3. The summed E-state index contributed by atoms with van der Waals surface area (Å²) in [4.78, 5) is 17.8. The predicted molar refractivity (Wildman–Crippen MR) is 114 cm³/mol. The minimum atomic E-state index is -3.75. The first-order chi connectivity index (χ1) is 14.1. The molecule has 2 aromatic carbocycles. The molecule has 2 aromatic rings. The van der Waals surface area contributed by atoms with E-state index in [-0.39, 0.29) is 29.7 Å². The molecule has 0 heterocycles. The van der Waals surface area contributed by atoms with Gasteiger partial charge in [0, 0.05) is 20.6 Å². The van der Waals surface area contributed by atoms with E-state index >= 15 is 0 Å². The molecule has 4 N–H and O–H groups in total. The van der Waals surface area contributed by atoms with Crippen molar-refractivity contribution >= 4 is 21.9 Å². The summed E-state index contributed by atoms with van der Waals surface area (Å²) in [6, 6.07) is 11.0. The molecule has 0 atom stereocenters. The van der Waals surface area contributed by atoms with Crippen molar-refractivity contribution in [1.29, 1.82) is 0 Å². The van der Waals surface area contributed by atoms with Crippen molar-refractivity contribution in [3.05, 3.63) is 65.0 Å². The van der Waals surface area contributed by atoms with Crippen molar-refractivity contribution in [2.24, 2.45) is 10.1 Å². The maximum atomic E-state index is 13.8. The van der Waals surface area contributed by atoms with Gasteiger partial charge in [0.2, 0.25) is 15.9 Å². The van der Waals surface area contributed by atoms with Crippen LogP contribution < -0.4 is 15.8 Å². The van der Waals surface area contributed by atoms with E-state index < -0.39 is 10.0 Å². The number of halogens is 1. The van der Waals surface area contributed by atoms with Gasteiger partial charge in [-0.05, 0) is 41.8 Å². The lowest BCUT2D eigenvalue weighted by atomic mass is 10.1. The molecule has 0 fully saturated rings. The van der Waals surface area contributed by atoms with Crippen molar-refractivity contribution in [3.8, 4) is 0 Å². The highest BCUT2D eigenvalue weighted by Crippen LogP contribution is 2.10. The molecule has 8 nitrogen and oxygen atoms in total. The summed E-state index contributed by atoms with van der Waals surface area (Å²) in [5.41, 5.74) is 2.03. The molecular weight excluding hydrogens is 409 g/mol. The number of nitrogens with zero attached hydrogens (tertiary/aromatic N) is 2. The van der Waals surface area contributed by atoms with Crippen LogP contribution in [-0.4, -0.2) is 45.8 Å². The first kappa shape index (κ1) is 23.3. The first-order valence-electron chi connectivity index (χ1n) is 9.15. The number of sulfonamides is 1. The van der Waals surface area contributed by atoms with E-state index in [9.17, 15) is 17.6 Å². The fraction of sp³-hybridized carbons (Fsp3) is 0.300. The summed E-state index contributed by atoms with van der Waals surface area (Å²) in [5.74, 6) is -0.0759. The Kier molecular flexibility index (Phi) is 7.90. The van der Waals surface area contributed by atoms with Crippen LogP contribution in [0.5, 0.6) is 0 Å². The number of hydrogen-bond donors (Lipinski definition) is 3. The summed E-state index contributed by atoms with van der Waals surface area (Å²) >= 11 is 0. The van der Waals surface area contributed by atoms with Crippen molar-refractivity contribution in [2.45, 2.75) is 24.9 Å². The summed E-state index contributed by atoms with van der Waals surface area (Å²) in [7, 11) is -0.454. The van der Waals surface area contributed by atoms with Gasteiger partial charge in [-0.2, -0.15) is 0 Å². The van der Waals surface area contributed by atoms with E-state index in [2.05, 4.69) is 15.6 Å². The minimum absolute atomic E-state index is 0.0243. The minimum Gasteiger partial charge on any atom is -0.352 e. The monoisotopic (exact) mass is 435 g/mol. The third-order valence-electron chi connectivity index (χ3n) is 4.27. The number of amides is 1. The van der Waals surface area contributed by atoms with Gasteiger partial charge in [-0.15, -0.1) is 0 Å². The van der Waals surface area contributed by atoms with Gasteiger partial charge in [0.05, 0.1) is 18.0 Å². The number of rotatable bonds is 7. The lowest BCUT2D eigenvalue weighted by molar-refractivity contribution is -0.127. The quantitative estimate of drug-likeness (QED) is 0.445. The number of nitrogens with one attached hydrogen (secondary N) is 2. The van der Waals surface area contributed by atoms with E-state index in [1.54, 1.807) is 45.3 Å². The second-order valence-corrected chi connectivity index (χ2v) is 8.49. The molecule has 0 aliphatic heterocycles. The Balaban J connectivity index is 2.09. The Morgan fingerprint density at radius 2 is 1.73 bits per heavy atom. The van der Waals surface area contributed by atoms with Gasteiger partial charge in [0.1, 0.15) is 5.82 Å². The molecule has 0 aliphatic carbocycles. The number of hydrogen-bond acceptors (Lipinski definition) is 4. The number of likely N-dealkylation sites (N-methyl/N-ethyl adjacent to an activating group) is 1. The zero-order valence-corrected chi connectivity index (χ0v) is 18.0. The summed E-state index contributed by atoms with van der Waals surface area (Å²) < 4.78 is 36.4. The molecule has 0 saturated heterocycles. The molecule has 0 radical (unpaired) electrons. The molecule has 0 unspecified atom stereocenters. The van der Waals surface area contributed by atoms with Crippen molar-refractivity contribution < 1.29 is 17.6 Å². The standard InChI is InChI=1S/C20H26FN5O3S/c1-14-4-5-16(10-18(14)21)12-24-20(25-13-19(27)26(2)3)23-11-15-6-8-17(9-7-15)30(22,28)29/h4-10H,11-13H2,1-3H3,(H2,22,28,29)(H2,23,24,25). The molecule has 0 aromatic heterocycles. The van der Waals surface area contributed by atoms with Gasteiger partial charge in [0.25, 0.3) is 0 Å². The Hall–Kier alpha value is -2.98. The average Bonchev–Trinajstić information content (AvgIpc) is 2.69. The van der Waals surface area contributed by atoms with Gasteiger partial charge in [0.15, 0.2) is 5.96 Å². The van der Waals surface area contributed by atoms with Crippen LogP contribution in [0.4, 0.5) is 4.39 Å². The number of benzene rings is 2. The smallest absolute Gasteiger partial charge is 0.241 e. The predicted octanol–water partition coefficient (Wildman–Crippen LogP) is 1.11. The highest BCUT2D eigenvalue weighted by molar-refractivity contribution is 7.89. The Labute approximate surface area is 176 Å². The second-order valence-electron chi connectivity index (χ2n) is 6.93. The third-order valence-corrected chi connectivity index (χ3v) is 5.20. The van der Waals surface area contributed by atoms with Gasteiger partial charge in [-0.25, -0.2) is 22.9 Å². The Morgan fingerprint density at radius 1 is 1.10 bits per heavy atom. The molecule has 10 heteroatoms. The highest BCUT2D eigenvalue weighted by Gasteiger charge is 2.09.